The molecule has 6 heteroatoms. The Labute approximate surface area is 131 Å². The van der Waals surface area contributed by atoms with Crippen LogP contribution in [0.25, 0.3) is 16.2 Å². The van der Waals surface area contributed by atoms with Crippen LogP contribution in [0.5, 0.6) is 0 Å². The number of hydrogen-bond donors (Lipinski definition) is 0. The molecular weight excluding hydrogens is 310 g/mol. The van der Waals surface area contributed by atoms with Crippen LogP contribution in [0.15, 0.2) is 30.3 Å². The van der Waals surface area contributed by atoms with Crippen LogP contribution in [-0.4, -0.2) is 37.5 Å². The van der Waals surface area contributed by atoms with Crippen LogP contribution >= 0.6 is 22.9 Å². The van der Waals surface area contributed by atoms with E-state index >= 15 is 0 Å². The highest BCUT2D eigenvalue weighted by Gasteiger charge is 2.09. The van der Waals surface area contributed by atoms with Crippen molar-refractivity contribution >= 4 is 51.0 Å². The maximum absolute atomic E-state index is 11.6. The average molecular weight is 324 g/mol. The van der Waals surface area contributed by atoms with Crippen molar-refractivity contribution in [2.24, 2.45) is 0 Å². The molecule has 1 aromatic carbocycles. The first-order valence-corrected chi connectivity index (χ1v) is 7.40. The second kappa shape index (κ2) is 6.74. The molecule has 1 heterocycles. The van der Waals surface area contributed by atoms with E-state index < -0.39 is 5.97 Å². The molecule has 0 saturated heterocycles. The van der Waals surface area contributed by atoms with Gasteiger partial charge in [0.15, 0.2) is 6.61 Å². The van der Waals surface area contributed by atoms with Gasteiger partial charge in [-0.05, 0) is 12.1 Å². The van der Waals surface area contributed by atoms with E-state index in [2.05, 4.69) is 0 Å². The Morgan fingerprint density at radius 2 is 2.05 bits per heavy atom. The first-order valence-electron chi connectivity index (χ1n) is 6.21. The number of thiophene rings is 1. The van der Waals surface area contributed by atoms with Crippen molar-refractivity contribution in [1.82, 2.24) is 4.90 Å². The number of halogens is 1. The standard InChI is InChI=1S/C15H14ClNO3S/c1-17(2)13(18)9-20-14(19)8-7-12-15(16)10-5-3-4-6-11(10)21-12/h3-8H,9H2,1-2H3/b8-7+. The minimum atomic E-state index is -0.571. The maximum atomic E-state index is 11.6. The normalized spacial score (nSPS) is 11.0. The van der Waals surface area contributed by atoms with Gasteiger partial charge in [-0.25, -0.2) is 4.79 Å². The predicted molar refractivity (Wildman–Crippen MR) is 85.5 cm³/mol. The number of carbonyl (C=O) groups excluding carboxylic acids is 2. The second-order valence-corrected chi connectivity index (χ2v) is 5.97. The Hall–Kier alpha value is -1.85. The molecular formula is C15H14ClNO3S. The zero-order valence-electron chi connectivity index (χ0n) is 11.6. The summed E-state index contributed by atoms with van der Waals surface area (Å²) in [4.78, 5) is 25.0. The molecule has 0 radical (unpaired) electrons. The lowest BCUT2D eigenvalue weighted by Crippen LogP contribution is -2.27. The summed E-state index contributed by atoms with van der Waals surface area (Å²) in [6, 6.07) is 7.75. The molecule has 2 rings (SSSR count). The highest BCUT2D eigenvalue weighted by atomic mass is 35.5. The smallest absolute Gasteiger partial charge is 0.331 e. The van der Waals surface area contributed by atoms with Crippen LogP contribution in [0, 0.1) is 0 Å². The Kier molecular flexibility index (Phi) is 4.98. The summed E-state index contributed by atoms with van der Waals surface area (Å²) in [5.74, 6) is -0.838. The summed E-state index contributed by atoms with van der Waals surface area (Å²) in [7, 11) is 3.20. The molecule has 0 saturated carbocycles. The number of fused-ring (bicyclic) bond motifs is 1. The van der Waals surface area contributed by atoms with Crippen molar-refractivity contribution in [3.05, 3.63) is 40.2 Å². The summed E-state index contributed by atoms with van der Waals surface area (Å²) in [6.07, 6.45) is 2.88. The number of benzene rings is 1. The van der Waals surface area contributed by atoms with E-state index in [1.807, 2.05) is 24.3 Å². The molecule has 0 unspecified atom stereocenters. The van der Waals surface area contributed by atoms with Gasteiger partial charge in [0.25, 0.3) is 5.91 Å². The fourth-order valence-corrected chi connectivity index (χ4v) is 2.99. The summed E-state index contributed by atoms with van der Waals surface area (Å²) in [5.41, 5.74) is 0. The van der Waals surface area contributed by atoms with E-state index in [0.29, 0.717) is 5.02 Å². The van der Waals surface area contributed by atoms with Gasteiger partial charge in [-0.2, -0.15) is 0 Å². The number of rotatable bonds is 4. The molecule has 1 amide bonds. The second-order valence-electron chi connectivity index (χ2n) is 4.51. The largest absolute Gasteiger partial charge is 0.452 e. The molecule has 0 aliphatic heterocycles. The van der Waals surface area contributed by atoms with Crippen molar-refractivity contribution in [2.45, 2.75) is 0 Å². The van der Waals surface area contributed by atoms with E-state index in [0.717, 1.165) is 15.0 Å². The zero-order chi connectivity index (χ0) is 15.4. The number of hydrogen-bond acceptors (Lipinski definition) is 4. The third-order valence-electron chi connectivity index (χ3n) is 2.77. The number of esters is 1. The fourth-order valence-electron chi connectivity index (χ4n) is 1.59. The van der Waals surface area contributed by atoms with Crippen molar-refractivity contribution in [2.75, 3.05) is 20.7 Å². The highest BCUT2D eigenvalue weighted by molar-refractivity contribution is 7.20. The fraction of sp³-hybridized carbons (Fsp3) is 0.200. The summed E-state index contributed by atoms with van der Waals surface area (Å²) < 4.78 is 5.90. The first kappa shape index (κ1) is 15.5. The van der Waals surface area contributed by atoms with Crippen LogP contribution in [0.4, 0.5) is 0 Å². The molecule has 110 valence electrons. The number of carbonyl (C=O) groups is 2. The van der Waals surface area contributed by atoms with Crippen LogP contribution < -0.4 is 0 Å². The Morgan fingerprint density at radius 3 is 2.71 bits per heavy atom. The third kappa shape index (κ3) is 3.83. The van der Waals surface area contributed by atoms with E-state index in [1.54, 1.807) is 20.2 Å². The lowest BCUT2D eigenvalue weighted by Gasteiger charge is -2.09. The van der Waals surface area contributed by atoms with Crippen LogP contribution in [0.1, 0.15) is 4.88 Å². The van der Waals surface area contributed by atoms with E-state index in [4.69, 9.17) is 16.3 Å². The number of likely N-dealkylation sites (N-methyl/N-ethyl adjacent to an activating group) is 1. The molecule has 0 aliphatic rings. The van der Waals surface area contributed by atoms with Gasteiger partial charge >= 0.3 is 5.97 Å². The molecule has 1 aromatic heterocycles. The molecule has 0 spiro atoms. The molecule has 0 fully saturated rings. The minimum absolute atomic E-state index is 0.267. The van der Waals surface area contributed by atoms with Gasteiger partial charge in [-0.1, -0.05) is 29.8 Å². The van der Waals surface area contributed by atoms with Gasteiger partial charge in [0.1, 0.15) is 0 Å². The third-order valence-corrected chi connectivity index (χ3v) is 4.42. The quantitative estimate of drug-likeness (QED) is 0.641. The van der Waals surface area contributed by atoms with Crippen molar-refractivity contribution in [3.8, 4) is 0 Å². The first-order chi connectivity index (χ1) is 9.99. The molecule has 4 nitrogen and oxygen atoms in total. The molecule has 2 aromatic rings. The SMILES string of the molecule is CN(C)C(=O)COC(=O)/C=C/c1sc2ccccc2c1Cl. The van der Waals surface area contributed by atoms with Crippen molar-refractivity contribution in [1.29, 1.82) is 0 Å². The molecule has 0 bridgehead atoms. The lowest BCUT2D eigenvalue weighted by atomic mass is 10.2. The monoisotopic (exact) mass is 323 g/mol. The maximum Gasteiger partial charge on any atom is 0.331 e. The molecule has 0 aliphatic carbocycles. The summed E-state index contributed by atoms with van der Waals surface area (Å²) in [5, 5.41) is 1.57. The molecule has 0 atom stereocenters. The van der Waals surface area contributed by atoms with E-state index in [-0.39, 0.29) is 12.5 Å². The predicted octanol–water partition coefficient (Wildman–Crippen LogP) is 3.20. The van der Waals surface area contributed by atoms with Gasteiger partial charge in [0, 0.05) is 35.1 Å². The Morgan fingerprint density at radius 1 is 1.33 bits per heavy atom. The lowest BCUT2D eigenvalue weighted by molar-refractivity contribution is -0.146. The summed E-state index contributed by atoms with van der Waals surface area (Å²) >= 11 is 7.75. The molecule has 21 heavy (non-hydrogen) atoms. The minimum Gasteiger partial charge on any atom is -0.452 e. The number of amides is 1. The molecule has 0 N–H and O–H groups in total. The Balaban J connectivity index is 2.04. The van der Waals surface area contributed by atoms with Crippen LogP contribution in [0.2, 0.25) is 5.02 Å². The van der Waals surface area contributed by atoms with E-state index in [1.165, 1.54) is 22.3 Å². The van der Waals surface area contributed by atoms with Crippen LogP contribution in [0.3, 0.4) is 0 Å². The zero-order valence-corrected chi connectivity index (χ0v) is 13.2. The van der Waals surface area contributed by atoms with Crippen molar-refractivity contribution < 1.29 is 14.3 Å². The number of nitrogens with zero attached hydrogens (tertiary/aromatic N) is 1. The van der Waals surface area contributed by atoms with Gasteiger partial charge < -0.3 is 9.64 Å². The van der Waals surface area contributed by atoms with Gasteiger partial charge in [0.2, 0.25) is 0 Å². The highest BCUT2D eigenvalue weighted by Crippen LogP contribution is 2.35. The summed E-state index contributed by atoms with van der Waals surface area (Å²) in [6.45, 7) is -0.268. The van der Waals surface area contributed by atoms with Gasteiger partial charge in [-0.15, -0.1) is 11.3 Å². The van der Waals surface area contributed by atoms with Crippen LogP contribution in [-0.2, 0) is 14.3 Å². The topological polar surface area (TPSA) is 46.6 Å². The average Bonchev–Trinajstić information content (AvgIpc) is 2.79. The van der Waals surface area contributed by atoms with Gasteiger partial charge in [0.05, 0.1) is 5.02 Å². The van der Waals surface area contributed by atoms with Crippen molar-refractivity contribution in [3.63, 3.8) is 0 Å². The van der Waals surface area contributed by atoms with Gasteiger partial charge in [-0.3, -0.25) is 4.79 Å². The van der Waals surface area contributed by atoms with E-state index in [9.17, 15) is 9.59 Å². The Bertz CT molecular complexity index is 706. The number of ether oxygens (including phenoxy) is 1.